The van der Waals surface area contributed by atoms with Gasteiger partial charge in [-0.1, -0.05) is 53.2 Å². The molecule has 0 bridgehead atoms. The monoisotopic (exact) mass is 487 g/mol. The van der Waals surface area contributed by atoms with E-state index in [2.05, 4.69) is 16.7 Å². The van der Waals surface area contributed by atoms with Gasteiger partial charge in [-0.2, -0.15) is 5.26 Å². The van der Waals surface area contributed by atoms with Crippen molar-refractivity contribution in [1.29, 1.82) is 5.26 Å². The number of nitrogens with one attached hydrogen (secondary N) is 2. The number of hydrogen-bond acceptors (Lipinski definition) is 6. The van der Waals surface area contributed by atoms with E-state index in [-0.39, 0.29) is 11.7 Å². The number of methoxy groups -OCH3 is 1. The molecule has 3 rings (SSSR count). The third kappa shape index (κ3) is 5.28. The van der Waals surface area contributed by atoms with Crippen molar-refractivity contribution in [1.82, 2.24) is 5.32 Å². The molecule has 2 aromatic carbocycles. The minimum absolute atomic E-state index is 0.0127. The van der Waals surface area contributed by atoms with Crippen LogP contribution in [0.5, 0.6) is 0 Å². The van der Waals surface area contributed by atoms with Gasteiger partial charge in [0.15, 0.2) is 0 Å². The summed E-state index contributed by atoms with van der Waals surface area (Å²) in [6.07, 6.45) is 0. The summed E-state index contributed by atoms with van der Waals surface area (Å²) in [5.74, 6) is -1.52. The Morgan fingerprint density at radius 2 is 1.88 bits per heavy atom. The van der Waals surface area contributed by atoms with E-state index < -0.39 is 11.9 Å². The quantitative estimate of drug-likeness (QED) is 0.541. The maximum Gasteiger partial charge on any atom is 0.316 e. The summed E-state index contributed by atoms with van der Waals surface area (Å²) in [5.41, 5.74) is 2.37. The molecular weight excluding hydrogens is 469 g/mol. The van der Waals surface area contributed by atoms with Crippen LogP contribution in [0.4, 0.5) is 5.69 Å². The number of thioether (sulfide) groups is 1. The normalized spacial score (nSPS) is 15.7. The molecule has 0 aliphatic carbocycles. The largest absolute Gasteiger partial charge is 0.468 e. The molecule has 1 heterocycles. The van der Waals surface area contributed by atoms with Crippen molar-refractivity contribution in [3.05, 3.63) is 86.0 Å². The highest BCUT2D eigenvalue weighted by molar-refractivity contribution is 8.03. The number of anilines is 1. The Labute approximate surface area is 200 Å². The molecule has 0 fully saturated rings. The van der Waals surface area contributed by atoms with Gasteiger partial charge in [-0.25, -0.2) is 0 Å². The van der Waals surface area contributed by atoms with Gasteiger partial charge in [0, 0.05) is 27.0 Å². The van der Waals surface area contributed by atoms with E-state index >= 15 is 0 Å². The molecule has 0 spiro atoms. The third-order valence-electron chi connectivity index (χ3n) is 4.77. The summed E-state index contributed by atoms with van der Waals surface area (Å²) in [6, 6.07) is 16.0. The number of rotatable bonds is 6. The van der Waals surface area contributed by atoms with E-state index in [0.717, 1.165) is 11.8 Å². The number of nitrogens with zero attached hydrogens (tertiary/aromatic N) is 1. The Kier molecular flexibility index (Phi) is 7.86. The molecule has 0 saturated heterocycles. The zero-order valence-electron chi connectivity index (χ0n) is 17.2. The summed E-state index contributed by atoms with van der Waals surface area (Å²) in [6.45, 7) is 1.74. The molecule has 2 N–H and O–H groups in total. The Morgan fingerprint density at radius 1 is 1.19 bits per heavy atom. The van der Waals surface area contributed by atoms with Crippen molar-refractivity contribution in [2.45, 2.75) is 12.8 Å². The fourth-order valence-electron chi connectivity index (χ4n) is 3.27. The summed E-state index contributed by atoms with van der Waals surface area (Å²) in [5, 5.41) is 17.4. The molecule has 1 amide bonds. The second-order valence-electron chi connectivity index (χ2n) is 6.80. The van der Waals surface area contributed by atoms with Crippen LogP contribution in [0.2, 0.25) is 10.0 Å². The van der Waals surface area contributed by atoms with Crippen LogP contribution in [0.1, 0.15) is 18.4 Å². The predicted octanol–water partition coefficient (Wildman–Crippen LogP) is 5.23. The lowest BCUT2D eigenvalue weighted by atomic mass is 9.82. The molecule has 2 aromatic rings. The lowest BCUT2D eigenvalue weighted by Gasteiger charge is -2.30. The number of halogens is 2. The third-order valence-corrected chi connectivity index (χ3v) is 6.36. The first-order chi connectivity index (χ1) is 15.3. The van der Waals surface area contributed by atoms with E-state index in [1.807, 2.05) is 0 Å². The highest BCUT2D eigenvalue weighted by Gasteiger charge is 2.35. The van der Waals surface area contributed by atoms with Gasteiger partial charge in [0.2, 0.25) is 0 Å². The Balaban J connectivity index is 2.05. The fourth-order valence-corrected chi connectivity index (χ4v) is 4.56. The SMILES string of the molecule is COC(=O)CSC1=C(C#N)C(c2ccccc2Cl)C(C(=O)Nc2ccc(Cl)cc2)=C(C)N1. The van der Waals surface area contributed by atoms with Gasteiger partial charge in [0.05, 0.1) is 35.5 Å². The van der Waals surface area contributed by atoms with Gasteiger partial charge in [0.25, 0.3) is 5.91 Å². The number of dihydropyridines is 1. The second kappa shape index (κ2) is 10.6. The zero-order chi connectivity index (χ0) is 23.3. The highest BCUT2D eigenvalue weighted by atomic mass is 35.5. The number of allylic oxidation sites excluding steroid dienone is 2. The zero-order valence-corrected chi connectivity index (χ0v) is 19.6. The predicted molar refractivity (Wildman–Crippen MR) is 127 cm³/mol. The van der Waals surface area contributed by atoms with E-state index in [9.17, 15) is 14.9 Å². The topological polar surface area (TPSA) is 91.2 Å². The molecule has 6 nitrogen and oxygen atoms in total. The van der Waals surface area contributed by atoms with Crippen LogP contribution in [-0.4, -0.2) is 24.7 Å². The molecule has 0 saturated carbocycles. The molecule has 9 heteroatoms. The number of esters is 1. The smallest absolute Gasteiger partial charge is 0.316 e. The number of hydrogen-bond donors (Lipinski definition) is 2. The summed E-state index contributed by atoms with van der Waals surface area (Å²) < 4.78 is 4.70. The first-order valence-corrected chi connectivity index (χ1v) is 11.2. The Morgan fingerprint density at radius 3 is 2.50 bits per heavy atom. The summed E-state index contributed by atoms with van der Waals surface area (Å²) >= 11 is 13.5. The van der Waals surface area contributed by atoms with Crippen LogP contribution >= 0.6 is 35.0 Å². The molecule has 1 aliphatic rings. The van der Waals surface area contributed by atoms with Crippen molar-refractivity contribution in [2.75, 3.05) is 18.2 Å². The van der Waals surface area contributed by atoms with Gasteiger partial charge >= 0.3 is 5.97 Å². The van der Waals surface area contributed by atoms with E-state index in [0.29, 0.717) is 43.2 Å². The van der Waals surface area contributed by atoms with Gasteiger partial charge in [0.1, 0.15) is 0 Å². The molecule has 0 aromatic heterocycles. The van der Waals surface area contributed by atoms with Gasteiger partial charge in [-0.3, -0.25) is 9.59 Å². The average molecular weight is 488 g/mol. The van der Waals surface area contributed by atoms with Crippen LogP contribution in [-0.2, 0) is 14.3 Å². The molecule has 32 heavy (non-hydrogen) atoms. The number of carbonyl (C=O) groups is 2. The minimum Gasteiger partial charge on any atom is -0.468 e. The molecule has 1 unspecified atom stereocenters. The van der Waals surface area contributed by atoms with Crippen molar-refractivity contribution in [3.8, 4) is 6.07 Å². The first-order valence-electron chi connectivity index (χ1n) is 9.48. The number of amides is 1. The van der Waals surface area contributed by atoms with Crippen LogP contribution < -0.4 is 10.6 Å². The molecular formula is C23H19Cl2N3O3S. The first kappa shape index (κ1) is 23.7. The number of carbonyl (C=O) groups excluding carboxylic acids is 2. The molecule has 1 aliphatic heterocycles. The minimum atomic E-state index is -0.720. The van der Waals surface area contributed by atoms with Crippen molar-refractivity contribution < 1.29 is 14.3 Å². The summed E-state index contributed by atoms with van der Waals surface area (Å²) in [4.78, 5) is 25.0. The fraction of sp³-hybridized carbons (Fsp3) is 0.174. The van der Waals surface area contributed by atoms with E-state index in [1.54, 1.807) is 55.5 Å². The maximum absolute atomic E-state index is 13.3. The van der Waals surface area contributed by atoms with Crippen LogP contribution in [0, 0.1) is 11.3 Å². The number of ether oxygens (including phenoxy) is 1. The average Bonchev–Trinajstić information content (AvgIpc) is 2.78. The van der Waals surface area contributed by atoms with Gasteiger partial charge in [-0.05, 0) is 42.8 Å². The Hall–Kier alpha value is -2.92. The summed E-state index contributed by atoms with van der Waals surface area (Å²) in [7, 11) is 1.30. The standard InChI is InChI=1S/C23H19Cl2N3O3S/c1-13-20(22(30)28-15-9-7-14(24)8-10-15)21(16-5-3-4-6-18(16)25)17(11-26)23(27-13)32-12-19(29)31-2/h3-10,21,27H,12H2,1-2H3,(H,28,30). The molecule has 1 atom stereocenters. The van der Waals surface area contributed by atoms with Crippen LogP contribution in [0.25, 0.3) is 0 Å². The van der Waals surface area contributed by atoms with Gasteiger partial charge in [-0.15, -0.1) is 0 Å². The highest BCUT2D eigenvalue weighted by Crippen LogP contribution is 2.43. The van der Waals surface area contributed by atoms with Crippen LogP contribution in [0.3, 0.4) is 0 Å². The maximum atomic E-state index is 13.3. The van der Waals surface area contributed by atoms with Crippen LogP contribution in [0.15, 0.2) is 70.4 Å². The van der Waals surface area contributed by atoms with Crippen molar-refractivity contribution in [3.63, 3.8) is 0 Å². The molecule has 0 radical (unpaired) electrons. The number of benzene rings is 2. The van der Waals surface area contributed by atoms with Gasteiger partial charge < -0.3 is 15.4 Å². The lowest BCUT2D eigenvalue weighted by Crippen LogP contribution is -2.31. The molecule has 164 valence electrons. The van der Waals surface area contributed by atoms with E-state index in [1.165, 1.54) is 7.11 Å². The van der Waals surface area contributed by atoms with Crippen molar-refractivity contribution in [2.24, 2.45) is 0 Å². The lowest BCUT2D eigenvalue weighted by molar-refractivity contribution is -0.137. The van der Waals surface area contributed by atoms with E-state index in [4.69, 9.17) is 27.9 Å². The van der Waals surface area contributed by atoms with Crippen molar-refractivity contribution >= 4 is 52.5 Å². The Bertz CT molecular complexity index is 1150. The second-order valence-corrected chi connectivity index (χ2v) is 8.63. The number of nitriles is 1.